The summed E-state index contributed by atoms with van der Waals surface area (Å²) in [5.41, 5.74) is 1.34. The number of likely N-dealkylation sites (tertiary alicyclic amines) is 1. The van der Waals surface area contributed by atoms with Crippen LogP contribution in [0.5, 0.6) is 0 Å². The zero-order valence-corrected chi connectivity index (χ0v) is 17.2. The Labute approximate surface area is 181 Å². The molecule has 174 valence electrons. The van der Waals surface area contributed by atoms with Gasteiger partial charge in [0, 0.05) is 24.8 Å². The highest BCUT2D eigenvalue weighted by Gasteiger charge is 2.55. The van der Waals surface area contributed by atoms with Crippen LogP contribution in [-0.4, -0.2) is 70.1 Å². The van der Waals surface area contributed by atoms with Gasteiger partial charge in [-0.15, -0.1) is 0 Å². The minimum Gasteiger partial charge on any atom is -0.475 e. The van der Waals surface area contributed by atoms with Crippen LogP contribution in [0.2, 0.25) is 0 Å². The molecule has 2 saturated heterocycles. The molecular weight excluding hydrogens is 435 g/mol. The minimum absolute atomic E-state index is 0.130. The molecule has 2 aromatic heterocycles. The molecule has 2 aliphatic rings. The summed E-state index contributed by atoms with van der Waals surface area (Å²) < 4.78 is 48.6. The second-order valence-corrected chi connectivity index (χ2v) is 7.53. The minimum atomic E-state index is -5.08. The Morgan fingerprint density at radius 1 is 1.34 bits per heavy atom. The predicted octanol–water partition coefficient (Wildman–Crippen LogP) is 2.46. The van der Waals surface area contributed by atoms with Crippen molar-refractivity contribution in [2.45, 2.75) is 31.7 Å². The summed E-state index contributed by atoms with van der Waals surface area (Å²) in [6.45, 7) is 4.76. The second-order valence-electron chi connectivity index (χ2n) is 7.53. The van der Waals surface area contributed by atoms with Gasteiger partial charge in [-0.05, 0) is 25.5 Å². The molecule has 2 aromatic rings. The largest absolute Gasteiger partial charge is 0.490 e. The van der Waals surface area contributed by atoms with E-state index in [2.05, 4.69) is 10.1 Å². The molecule has 0 radical (unpaired) electrons. The molecule has 2 fully saturated rings. The molecule has 0 bridgehead atoms. The zero-order chi connectivity index (χ0) is 23.4. The van der Waals surface area contributed by atoms with Gasteiger partial charge in [0.2, 0.25) is 5.76 Å². The third kappa shape index (κ3) is 5.62. The van der Waals surface area contributed by atoms with Gasteiger partial charge in [-0.2, -0.15) is 13.2 Å². The number of aromatic nitrogens is 2. The van der Waals surface area contributed by atoms with Crippen molar-refractivity contribution in [3.8, 4) is 0 Å². The molecule has 4 heterocycles. The first kappa shape index (κ1) is 23.7. The summed E-state index contributed by atoms with van der Waals surface area (Å²) in [6.07, 6.45) is -2.37. The molecule has 2 aliphatic heterocycles. The number of halogens is 3. The molecule has 4 rings (SSSR count). The molecule has 0 aliphatic carbocycles. The molecule has 1 N–H and O–H groups in total. The number of amides is 1. The van der Waals surface area contributed by atoms with Crippen molar-refractivity contribution in [2.75, 3.05) is 26.3 Å². The van der Waals surface area contributed by atoms with Crippen molar-refractivity contribution in [1.82, 2.24) is 15.0 Å². The lowest BCUT2D eigenvalue weighted by molar-refractivity contribution is -0.192. The molecule has 32 heavy (non-hydrogen) atoms. The van der Waals surface area contributed by atoms with Crippen LogP contribution < -0.4 is 0 Å². The standard InChI is InChI=1S/C18H21N3O4.C2HF3O2/c1-13-8-16(25-20-13)17(22)21-11-18(12-21)14(5-7-24-18)9-23-10-15-4-2-3-6-19-15;3-2(4,5)1(6)7/h2-4,6,8,14H,5,7,9-12H2,1H3;(H,6,7). The van der Waals surface area contributed by atoms with Crippen LogP contribution in [-0.2, 0) is 20.9 Å². The molecule has 9 nitrogen and oxygen atoms in total. The number of alkyl halides is 3. The Kier molecular flexibility index (Phi) is 7.14. The molecular formula is C20H22F3N3O6. The zero-order valence-electron chi connectivity index (χ0n) is 17.2. The van der Waals surface area contributed by atoms with Gasteiger partial charge >= 0.3 is 12.1 Å². The molecule has 0 aromatic carbocycles. The smallest absolute Gasteiger partial charge is 0.475 e. The monoisotopic (exact) mass is 457 g/mol. The Morgan fingerprint density at radius 2 is 2.06 bits per heavy atom. The molecule has 1 spiro atoms. The van der Waals surface area contributed by atoms with E-state index >= 15 is 0 Å². The van der Waals surface area contributed by atoms with E-state index in [1.165, 1.54) is 0 Å². The first-order valence-corrected chi connectivity index (χ1v) is 9.75. The molecule has 12 heteroatoms. The van der Waals surface area contributed by atoms with Gasteiger partial charge in [-0.25, -0.2) is 4.79 Å². The van der Waals surface area contributed by atoms with Gasteiger partial charge in [0.15, 0.2) is 0 Å². The lowest BCUT2D eigenvalue weighted by Gasteiger charge is -2.49. The maximum Gasteiger partial charge on any atom is 0.490 e. The van der Waals surface area contributed by atoms with Crippen LogP contribution in [0, 0.1) is 12.8 Å². The van der Waals surface area contributed by atoms with Crippen molar-refractivity contribution in [1.29, 1.82) is 0 Å². The number of hydrogen-bond donors (Lipinski definition) is 1. The number of carboxylic acid groups (broad SMARTS) is 1. The summed E-state index contributed by atoms with van der Waals surface area (Å²) in [5.74, 6) is -2.31. The average molecular weight is 457 g/mol. The lowest BCUT2D eigenvalue weighted by atomic mass is 9.81. The quantitative estimate of drug-likeness (QED) is 0.728. The van der Waals surface area contributed by atoms with E-state index in [4.69, 9.17) is 23.9 Å². The van der Waals surface area contributed by atoms with Crippen LogP contribution in [0.3, 0.4) is 0 Å². The Balaban J connectivity index is 0.000000360. The second kappa shape index (κ2) is 9.65. The highest BCUT2D eigenvalue weighted by atomic mass is 19.4. The molecule has 1 amide bonds. The predicted molar refractivity (Wildman–Crippen MR) is 102 cm³/mol. The fourth-order valence-electron chi connectivity index (χ4n) is 3.52. The van der Waals surface area contributed by atoms with Crippen molar-refractivity contribution < 1.29 is 41.9 Å². The third-order valence-corrected chi connectivity index (χ3v) is 5.18. The molecule has 0 saturated carbocycles. The van der Waals surface area contributed by atoms with Crippen molar-refractivity contribution in [3.05, 3.63) is 47.6 Å². The van der Waals surface area contributed by atoms with E-state index in [0.717, 1.165) is 12.1 Å². The Morgan fingerprint density at radius 3 is 2.62 bits per heavy atom. The van der Waals surface area contributed by atoms with Crippen molar-refractivity contribution >= 4 is 11.9 Å². The number of nitrogens with zero attached hydrogens (tertiary/aromatic N) is 3. The highest BCUT2D eigenvalue weighted by Crippen LogP contribution is 2.40. The fraction of sp³-hybridized carbons (Fsp3) is 0.500. The summed E-state index contributed by atoms with van der Waals surface area (Å²) in [7, 11) is 0. The van der Waals surface area contributed by atoms with E-state index in [0.29, 0.717) is 38.6 Å². The SMILES string of the molecule is Cc1cc(C(=O)N2CC3(C2)OCCC3COCc2ccccn2)on1.O=C(O)C(F)(F)F. The van der Waals surface area contributed by atoms with Crippen LogP contribution >= 0.6 is 0 Å². The van der Waals surface area contributed by atoms with Gasteiger partial charge in [-0.3, -0.25) is 9.78 Å². The van der Waals surface area contributed by atoms with E-state index in [1.807, 2.05) is 18.2 Å². The number of carboxylic acids is 1. The third-order valence-electron chi connectivity index (χ3n) is 5.18. The number of hydrogen-bond acceptors (Lipinski definition) is 7. The maximum absolute atomic E-state index is 12.4. The number of ether oxygens (including phenoxy) is 2. The summed E-state index contributed by atoms with van der Waals surface area (Å²) in [5, 5.41) is 10.9. The summed E-state index contributed by atoms with van der Waals surface area (Å²) in [4.78, 5) is 27.3. The first-order chi connectivity index (χ1) is 15.1. The number of pyridine rings is 1. The van der Waals surface area contributed by atoms with Gasteiger partial charge in [0.1, 0.15) is 5.60 Å². The van der Waals surface area contributed by atoms with Gasteiger partial charge < -0.3 is 24.0 Å². The maximum atomic E-state index is 12.4. The Hall–Kier alpha value is -2.99. The average Bonchev–Trinajstić information content (AvgIpc) is 3.33. The normalized spacial score (nSPS) is 19.2. The lowest BCUT2D eigenvalue weighted by Crippen LogP contribution is -2.66. The van der Waals surface area contributed by atoms with Crippen LogP contribution in [0.15, 0.2) is 35.0 Å². The number of aryl methyl sites for hydroxylation is 1. The molecule has 1 unspecified atom stereocenters. The van der Waals surface area contributed by atoms with Crippen LogP contribution in [0.1, 0.15) is 28.4 Å². The van der Waals surface area contributed by atoms with Crippen molar-refractivity contribution in [2.24, 2.45) is 5.92 Å². The van der Waals surface area contributed by atoms with E-state index in [1.54, 1.807) is 24.1 Å². The van der Waals surface area contributed by atoms with Crippen LogP contribution in [0.25, 0.3) is 0 Å². The summed E-state index contributed by atoms with van der Waals surface area (Å²) in [6, 6.07) is 7.45. The van der Waals surface area contributed by atoms with Crippen molar-refractivity contribution in [3.63, 3.8) is 0 Å². The fourth-order valence-corrected chi connectivity index (χ4v) is 3.52. The number of aliphatic carboxylic acids is 1. The van der Waals surface area contributed by atoms with Gasteiger partial charge in [-0.1, -0.05) is 11.2 Å². The highest BCUT2D eigenvalue weighted by molar-refractivity contribution is 5.92. The topological polar surface area (TPSA) is 115 Å². The van der Waals surface area contributed by atoms with Crippen LogP contribution in [0.4, 0.5) is 13.2 Å². The number of rotatable bonds is 5. The first-order valence-electron chi connectivity index (χ1n) is 9.75. The van der Waals surface area contributed by atoms with Gasteiger partial charge in [0.25, 0.3) is 5.91 Å². The van der Waals surface area contributed by atoms with Gasteiger partial charge in [0.05, 0.1) is 37.7 Å². The van der Waals surface area contributed by atoms with E-state index in [-0.39, 0.29) is 23.2 Å². The molecule has 1 atom stereocenters. The Bertz CT molecular complexity index is 928. The van der Waals surface area contributed by atoms with E-state index in [9.17, 15) is 18.0 Å². The summed E-state index contributed by atoms with van der Waals surface area (Å²) >= 11 is 0. The van der Waals surface area contributed by atoms with E-state index < -0.39 is 12.1 Å². The number of carbonyl (C=O) groups excluding carboxylic acids is 1. The number of carbonyl (C=O) groups is 2.